The number of benzene rings is 1. The molecule has 0 aliphatic carbocycles. The smallest absolute Gasteiger partial charge is 0.243 e. The summed E-state index contributed by atoms with van der Waals surface area (Å²) in [4.78, 5) is 0.417. The van der Waals surface area contributed by atoms with Crippen LogP contribution in [0.1, 0.15) is 25.7 Å². The average molecular weight is 280 g/mol. The Morgan fingerprint density at radius 1 is 1.11 bits per heavy atom. The second kappa shape index (κ2) is 5.23. The van der Waals surface area contributed by atoms with Crippen LogP contribution in [-0.4, -0.2) is 37.9 Å². The van der Waals surface area contributed by atoms with E-state index < -0.39 is 10.0 Å². The van der Waals surface area contributed by atoms with Crippen LogP contribution in [0.15, 0.2) is 35.2 Å². The van der Waals surface area contributed by atoms with Crippen LogP contribution in [0.3, 0.4) is 0 Å². The Hall–Kier alpha value is -0.910. The van der Waals surface area contributed by atoms with Crippen LogP contribution in [0, 0.1) is 0 Å². The third-order valence-corrected chi connectivity index (χ3v) is 6.10. The van der Waals surface area contributed by atoms with E-state index in [4.69, 9.17) is 0 Å². The van der Waals surface area contributed by atoms with Gasteiger partial charge in [0.25, 0.3) is 0 Å². The van der Waals surface area contributed by atoms with Gasteiger partial charge in [0, 0.05) is 18.6 Å². The van der Waals surface area contributed by atoms with Crippen molar-refractivity contribution in [3.63, 3.8) is 0 Å². The number of sulfonamides is 1. The molecule has 104 valence electrons. The molecule has 0 amide bonds. The van der Waals surface area contributed by atoms with E-state index in [2.05, 4.69) is 5.32 Å². The lowest BCUT2D eigenvalue weighted by Crippen LogP contribution is -2.46. The Kier molecular flexibility index (Phi) is 3.60. The molecular weight excluding hydrogens is 260 g/mol. The second-order valence-corrected chi connectivity index (χ2v) is 7.23. The summed E-state index contributed by atoms with van der Waals surface area (Å²) in [7, 11) is -3.33. The second-order valence-electron chi connectivity index (χ2n) is 5.34. The predicted molar refractivity (Wildman–Crippen MR) is 74.4 cm³/mol. The molecule has 5 heteroatoms. The van der Waals surface area contributed by atoms with E-state index >= 15 is 0 Å². The molecule has 2 fully saturated rings. The summed E-state index contributed by atoms with van der Waals surface area (Å²) in [5.74, 6) is 0. The largest absolute Gasteiger partial charge is 0.312 e. The molecule has 2 atom stereocenters. The van der Waals surface area contributed by atoms with E-state index in [0.29, 0.717) is 17.5 Å². The van der Waals surface area contributed by atoms with Gasteiger partial charge in [0.15, 0.2) is 0 Å². The highest BCUT2D eigenvalue weighted by atomic mass is 32.2. The quantitative estimate of drug-likeness (QED) is 0.915. The molecule has 2 saturated heterocycles. The van der Waals surface area contributed by atoms with Crippen molar-refractivity contribution in [2.24, 2.45) is 0 Å². The Bertz CT molecular complexity index is 524. The summed E-state index contributed by atoms with van der Waals surface area (Å²) >= 11 is 0. The maximum absolute atomic E-state index is 12.7. The lowest BCUT2D eigenvalue weighted by molar-refractivity contribution is 0.322. The Balaban J connectivity index is 1.87. The fourth-order valence-corrected chi connectivity index (χ4v) is 4.98. The van der Waals surface area contributed by atoms with Gasteiger partial charge in [-0.3, -0.25) is 0 Å². The first-order chi connectivity index (χ1) is 9.19. The number of hydrogen-bond acceptors (Lipinski definition) is 3. The van der Waals surface area contributed by atoms with E-state index in [0.717, 1.165) is 32.2 Å². The monoisotopic (exact) mass is 280 g/mol. The van der Waals surface area contributed by atoms with Gasteiger partial charge in [-0.15, -0.1) is 0 Å². The molecule has 4 nitrogen and oxygen atoms in total. The summed E-state index contributed by atoms with van der Waals surface area (Å²) in [5.41, 5.74) is 0. The fourth-order valence-electron chi connectivity index (χ4n) is 3.23. The molecule has 0 radical (unpaired) electrons. The van der Waals surface area contributed by atoms with Gasteiger partial charge in [0.2, 0.25) is 10.0 Å². The highest BCUT2D eigenvalue weighted by Gasteiger charge is 2.40. The first kappa shape index (κ1) is 13.1. The van der Waals surface area contributed by atoms with Gasteiger partial charge < -0.3 is 5.32 Å². The Morgan fingerprint density at radius 3 is 2.58 bits per heavy atom. The summed E-state index contributed by atoms with van der Waals surface area (Å²) in [6.45, 7) is 1.67. The van der Waals surface area contributed by atoms with Gasteiger partial charge in [0.05, 0.1) is 4.90 Å². The van der Waals surface area contributed by atoms with E-state index in [1.54, 1.807) is 28.6 Å². The first-order valence-electron chi connectivity index (χ1n) is 7.00. The molecule has 0 spiro atoms. The molecule has 0 aromatic heterocycles. The van der Waals surface area contributed by atoms with Crippen LogP contribution in [0.2, 0.25) is 0 Å². The summed E-state index contributed by atoms with van der Waals surface area (Å²) < 4.78 is 27.1. The van der Waals surface area contributed by atoms with Crippen molar-refractivity contribution in [2.45, 2.75) is 42.7 Å². The third-order valence-electron chi connectivity index (χ3n) is 4.16. The van der Waals surface area contributed by atoms with Gasteiger partial charge >= 0.3 is 0 Å². The maximum atomic E-state index is 12.7. The number of rotatable bonds is 3. The standard InChI is InChI=1S/C14H20N2O2S/c17-19(18,12-6-2-1-3-7-12)16-11-5-9-14(16)13-8-4-10-15-13/h1-3,6-7,13-15H,4-5,8-11H2. The highest BCUT2D eigenvalue weighted by Crippen LogP contribution is 2.30. The van der Waals surface area contributed by atoms with Gasteiger partial charge in [-0.1, -0.05) is 18.2 Å². The van der Waals surface area contributed by atoms with Gasteiger partial charge in [-0.2, -0.15) is 4.31 Å². The fraction of sp³-hybridized carbons (Fsp3) is 0.571. The molecule has 2 aliphatic heterocycles. The first-order valence-corrected chi connectivity index (χ1v) is 8.44. The minimum absolute atomic E-state index is 0.132. The molecule has 1 aromatic carbocycles. The highest BCUT2D eigenvalue weighted by molar-refractivity contribution is 7.89. The van der Waals surface area contributed by atoms with Crippen molar-refractivity contribution in [3.8, 4) is 0 Å². The van der Waals surface area contributed by atoms with Crippen LogP contribution in [0.5, 0.6) is 0 Å². The lowest BCUT2D eigenvalue weighted by Gasteiger charge is -2.28. The van der Waals surface area contributed by atoms with Crippen molar-refractivity contribution in [1.82, 2.24) is 9.62 Å². The SMILES string of the molecule is O=S(=O)(c1ccccc1)N1CCCC1C1CCCN1. The van der Waals surface area contributed by atoms with Crippen molar-refractivity contribution in [1.29, 1.82) is 0 Å². The van der Waals surface area contributed by atoms with E-state index in [-0.39, 0.29) is 6.04 Å². The van der Waals surface area contributed by atoms with Crippen molar-refractivity contribution in [3.05, 3.63) is 30.3 Å². The van der Waals surface area contributed by atoms with Gasteiger partial charge in [0.1, 0.15) is 0 Å². The van der Waals surface area contributed by atoms with Crippen LogP contribution in [0.4, 0.5) is 0 Å². The Morgan fingerprint density at radius 2 is 1.89 bits per heavy atom. The van der Waals surface area contributed by atoms with Crippen molar-refractivity contribution < 1.29 is 8.42 Å². The van der Waals surface area contributed by atoms with E-state index in [1.807, 2.05) is 6.07 Å². The molecule has 0 bridgehead atoms. The van der Waals surface area contributed by atoms with Crippen LogP contribution < -0.4 is 5.32 Å². The summed E-state index contributed by atoms with van der Waals surface area (Å²) in [6, 6.07) is 9.25. The van der Waals surface area contributed by atoms with E-state index in [1.165, 1.54) is 0 Å². The molecule has 2 aliphatic rings. The van der Waals surface area contributed by atoms with Crippen LogP contribution in [0.25, 0.3) is 0 Å². The van der Waals surface area contributed by atoms with Crippen LogP contribution in [-0.2, 0) is 10.0 Å². The number of nitrogens with one attached hydrogen (secondary N) is 1. The zero-order valence-electron chi connectivity index (χ0n) is 11.0. The molecule has 2 heterocycles. The molecule has 1 N–H and O–H groups in total. The maximum Gasteiger partial charge on any atom is 0.243 e. The molecule has 3 rings (SSSR count). The number of hydrogen-bond donors (Lipinski definition) is 1. The van der Waals surface area contributed by atoms with Gasteiger partial charge in [-0.05, 0) is 44.4 Å². The zero-order valence-corrected chi connectivity index (χ0v) is 11.8. The van der Waals surface area contributed by atoms with Crippen LogP contribution >= 0.6 is 0 Å². The minimum atomic E-state index is -3.33. The minimum Gasteiger partial charge on any atom is -0.312 e. The normalized spacial score (nSPS) is 28.8. The topological polar surface area (TPSA) is 49.4 Å². The summed E-state index contributed by atoms with van der Waals surface area (Å²) in [6.07, 6.45) is 4.19. The molecule has 19 heavy (non-hydrogen) atoms. The molecule has 2 unspecified atom stereocenters. The van der Waals surface area contributed by atoms with Crippen molar-refractivity contribution >= 4 is 10.0 Å². The van der Waals surface area contributed by atoms with Gasteiger partial charge in [-0.25, -0.2) is 8.42 Å². The average Bonchev–Trinajstić information content (AvgIpc) is 3.10. The number of nitrogens with zero attached hydrogens (tertiary/aromatic N) is 1. The molecule has 0 saturated carbocycles. The molecule has 1 aromatic rings. The van der Waals surface area contributed by atoms with E-state index in [9.17, 15) is 8.42 Å². The predicted octanol–water partition coefficient (Wildman–Crippen LogP) is 1.59. The lowest BCUT2D eigenvalue weighted by atomic mass is 10.1. The zero-order chi connectivity index (χ0) is 13.3. The Labute approximate surface area is 114 Å². The van der Waals surface area contributed by atoms with Crippen molar-refractivity contribution in [2.75, 3.05) is 13.1 Å². The molecular formula is C14H20N2O2S. The summed E-state index contributed by atoms with van der Waals surface area (Å²) in [5, 5.41) is 3.45. The third kappa shape index (κ3) is 2.42.